The van der Waals surface area contributed by atoms with Gasteiger partial charge in [0.05, 0.1) is 11.5 Å². The van der Waals surface area contributed by atoms with Crippen molar-refractivity contribution >= 4 is 11.9 Å². The second-order valence-electron chi connectivity index (χ2n) is 6.16. The first-order valence-corrected chi connectivity index (χ1v) is 7.42. The molecule has 0 spiro atoms. The van der Waals surface area contributed by atoms with Crippen molar-refractivity contribution in [3.05, 3.63) is 35.4 Å². The molecule has 2 bridgehead atoms. The summed E-state index contributed by atoms with van der Waals surface area (Å²) in [6, 6.07) is 6.61. The summed E-state index contributed by atoms with van der Waals surface area (Å²) in [4.78, 5) is 23.3. The van der Waals surface area contributed by atoms with E-state index < -0.39 is 5.97 Å². The van der Waals surface area contributed by atoms with Crippen molar-refractivity contribution in [2.75, 3.05) is 0 Å². The molecule has 2 saturated carbocycles. The first-order valence-electron chi connectivity index (χ1n) is 7.42. The molecule has 4 unspecified atom stereocenters. The lowest BCUT2D eigenvalue weighted by molar-refractivity contribution is -0.127. The van der Waals surface area contributed by atoms with E-state index in [0.29, 0.717) is 18.4 Å². The second-order valence-corrected chi connectivity index (χ2v) is 6.16. The SMILES string of the molecule is NC1C2CCC(C2)C1C(=O)NCc1cccc(C(=O)O)c1. The van der Waals surface area contributed by atoms with Gasteiger partial charge < -0.3 is 16.2 Å². The summed E-state index contributed by atoms with van der Waals surface area (Å²) in [5.41, 5.74) is 7.19. The molecule has 2 aliphatic rings. The number of fused-ring (bicyclic) bond motifs is 2. The maximum atomic E-state index is 12.3. The van der Waals surface area contributed by atoms with Crippen LogP contribution in [0.2, 0.25) is 0 Å². The predicted molar refractivity (Wildman–Crippen MR) is 77.5 cm³/mol. The van der Waals surface area contributed by atoms with Gasteiger partial charge >= 0.3 is 5.97 Å². The quantitative estimate of drug-likeness (QED) is 0.780. The lowest BCUT2D eigenvalue weighted by atomic mass is 9.84. The highest BCUT2D eigenvalue weighted by atomic mass is 16.4. The molecule has 4 atom stereocenters. The minimum Gasteiger partial charge on any atom is -0.478 e. The molecule has 0 saturated heterocycles. The monoisotopic (exact) mass is 288 g/mol. The number of hydrogen-bond acceptors (Lipinski definition) is 3. The van der Waals surface area contributed by atoms with E-state index >= 15 is 0 Å². The molecule has 0 heterocycles. The number of nitrogens with one attached hydrogen (secondary N) is 1. The maximum Gasteiger partial charge on any atom is 0.335 e. The lowest BCUT2D eigenvalue weighted by Gasteiger charge is -2.27. The van der Waals surface area contributed by atoms with Crippen LogP contribution in [-0.2, 0) is 11.3 Å². The summed E-state index contributed by atoms with van der Waals surface area (Å²) in [6.07, 6.45) is 3.33. The van der Waals surface area contributed by atoms with Crippen molar-refractivity contribution in [2.45, 2.75) is 31.8 Å². The number of benzene rings is 1. The van der Waals surface area contributed by atoms with Crippen LogP contribution in [0, 0.1) is 17.8 Å². The molecule has 21 heavy (non-hydrogen) atoms. The van der Waals surface area contributed by atoms with Crippen LogP contribution < -0.4 is 11.1 Å². The number of carboxylic acids is 1. The number of rotatable bonds is 4. The predicted octanol–water partition coefficient (Wildman–Crippen LogP) is 1.37. The third kappa shape index (κ3) is 2.65. The first kappa shape index (κ1) is 14.1. The minimum absolute atomic E-state index is 0.00966. The standard InChI is InChI=1S/C16H20N2O3/c17-14-11-5-4-10(7-11)13(14)15(19)18-8-9-2-1-3-12(6-9)16(20)21/h1-3,6,10-11,13-14H,4-5,7-8,17H2,(H,18,19)(H,20,21). The van der Waals surface area contributed by atoms with Crippen LogP contribution in [0.4, 0.5) is 0 Å². The molecule has 1 aromatic carbocycles. The van der Waals surface area contributed by atoms with Gasteiger partial charge in [0, 0.05) is 12.6 Å². The van der Waals surface area contributed by atoms with E-state index in [9.17, 15) is 9.59 Å². The molecule has 112 valence electrons. The zero-order chi connectivity index (χ0) is 15.0. The van der Waals surface area contributed by atoms with Crippen molar-refractivity contribution in [2.24, 2.45) is 23.5 Å². The van der Waals surface area contributed by atoms with Crippen LogP contribution in [0.5, 0.6) is 0 Å². The minimum atomic E-state index is -0.960. The second kappa shape index (κ2) is 5.48. The van der Waals surface area contributed by atoms with Gasteiger partial charge in [-0.2, -0.15) is 0 Å². The number of carbonyl (C=O) groups is 2. The Morgan fingerprint density at radius 2 is 2.05 bits per heavy atom. The molecule has 0 aromatic heterocycles. The molecule has 2 fully saturated rings. The zero-order valence-corrected chi connectivity index (χ0v) is 11.8. The van der Waals surface area contributed by atoms with Crippen LogP contribution in [-0.4, -0.2) is 23.0 Å². The van der Waals surface area contributed by atoms with Crippen LogP contribution in [0.3, 0.4) is 0 Å². The third-order valence-corrected chi connectivity index (χ3v) is 4.92. The Labute approximate surface area is 123 Å². The number of amides is 1. The molecule has 2 aliphatic carbocycles. The van der Waals surface area contributed by atoms with Crippen molar-refractivity contribution in [3.8, 4) is 0 Å². The zero-order valence-electron chi connectivity index (χ0n) is 11.8. The largest absolute Gasteiger partial charge is 0.478 e. The van der Waals surface area contributed by atoms with Gasteiger partial charge in [0.15, 0.2) is 0 Å². The fraction of sp³-hybridized carbons (Fsp3) is 0.500. The van der Waals surface area contributed by atoms with Gasteiger partial charge in [-0.05, 0) is 48.8 Å². The van der Waals surface area contributed by atoms with E-state index in [2.05, 4.69) is 5.32 Å². The molecule has 1 aromatic rings. The highest BCUT2D eigenvalue weighted by Gasteiger charge is 2.48. The van der Waals surface area contributed by atoms with Gasteiger partial charge in [-0.25, -0.2) is 4.79 Å². The normalized spacial score (nSPS) is 30.3. The molecule has 0 radical (unpaired) electrons. The number of nitrogens with two attached hydrogens (primary N) is 1. The number of carbonyl (C=O) groups excluding carboxylic acids is 1. The fourth-order valence-corrected chi connectivity index (χ4v) is 3.85. The Kier molecular flexibility index (Phi) is 3.68. The van der Waals surface area contributed by atoms with E-state index in [1.165, 1.54) is 0 Å². The Morgan fingerprint density at radius 1 is 1.29 bits per heavy atom. The molecule has 0 aliphatic heterocycles. The molecular weight excluding hydrogens is 268 g/mol. The van der Waals surface area contributed by atoms with Crippen molar-refractivity contribution in [1.82, 2.24) is 5.32 Å². The highest BCUT2D eigenvalue weighted by molar-refractivity contribution is 5.87. The van der Waals surface area contributed by atoms with Crippen LogP contribution in [0.1, 0.15) is 35.2 Å². The van der Waals surface area contributed by atoms with Gasteiger partial charge in [0.2, 0.25) is 5.91 Å². The summed E-state index contributed by atoms with van der Waals surface area (Å²) in [5.74, 6) is -0.100. The Hall–Kier alpha value is -1.88. The molecular formula is C16H20N2O3. The third-order valence-electron chi connectivity index (χ3n) is 4.92. The van der Waals surface area contributed by atoms with Crippen LogP contribution >= 0.6 is 0 Å². The smallest absolute Gasteiger partial charge is 0.335 e. The summed E-state index contributed by atoms with van der Waals surface area (Å²) in [6.45, 7) is 0.348. The highest BCUT2D eigenvalue weighted by Crippen LogP contribution is 2.47. The van der Waals surface area contributed by atoms with Gasteiger partial charge in [-0.3, -0.25) is 4.79 Å². The molecule has 5 nitrogen and oxygen atoms in total. The van der Waals surface area contributed by atoms with E-state index in [1.54, 1.807) is 18.2 Å². The number of aromatic carboxylic acids is 1. The Balaban J connectivity index is 1.61. The van der Waals surface area contributed by atoms with Gasteiger partial charge in [-0.15, -0.1) is 0 Å². The van der Waals surface area contributed by atoms with Gasteiger partial charge in [0.25, 0.3) is 0 Å². The average Bonchev–Trinajstić information content (AvgIpc) is 3.06. The van der Waals surface area contributed by atoms with E-state index in [0.717, 1.165) is 24.8 Å². The molecule has 5 heteroatoms. The van der Waals surface area contributed by atoms with Crippen molar-refractivity contribution in [1.29, 1.82) is 0 Å². The average molecular weight is 288 g/mol. The van der Waals surface area contributed by atoms with Crippen LogP contribution in [0.25, 0.3) is 0 Å². The number of hydrogen-bond donors (Lipinski definition) is 3. The Morgan fingerprint density at radius 3 is 2.71 bits per heavy atom. The lowest BCUT2D eigenvalue weighted by Crippen LogP contribution is -2.45. The summed E-state index contributed by atoms with van der Waals surface area (Å²) < 4.78 is 0. The Bertz CT molecular complexity index is 570. The van der Waals surface area contributed by atoms with Crippen molar-refractivity contribution < 1.29 is 14.7 Å². The van der Waals surface area contributed by atoms with E-state index in [4.69, 9.17) is 10.8 Å². The molecule has 4 N–H and O–H groups in total. The summed E-state index contributed by atoms with van der Waals surface area (Å²) in [5, 5.41) is 11.9. The van der Waals surface area contributed by atoms with Gasteiger partial charge in [-0.1, -0.05) is 12.1 Å². The summed E-state index contributed by atoms with van der Waals surface area (Å²) in [7, 11) is 0. The number of carboxylic acid groups (broad SMARTS) is 1. The topological polar surface area (TPSA) is 92.4 Å². The van der Waals surface area contributed by atoms with E-state index in [-0.39, 0.29) is 23.4 Å². The van der Waals surface area contributed by atoms with Gasteiger partial charge in [0.1, 0.15) is 0 Å². The molecule has 3 rings (SSSR count). The van der Waals surface area contributed by atoms with Crippen molar-refractivity contribution in [3.63, 3.8) is 0 Å². The van der Waals surface area contributed by atoms with E-state index in [1.807, 2.05) is 6.07 Å². The molecule has 1 amide bonds. The summed E-state index contributed by atoms with van der Waals surface area (Å²) >= 11 is 0. The fourth-order valence-electron chi connectivity index (χ4n) is 3.85. The first-order chi connectivity index (χ1) is 10.1. The van der Waals surface area contributed by atoms with Crippen LogP contribution in [0.15, 0.2) is 24.3 Å². The maximum absolute atomic E-state index is 12.3.